The normalized spacial score (nSPS) is 10.8. The summed E-state index contributed by atoms with van der Waals surface area (Å²) in [6, 6.07) is 15.8. The van der Waals surface area contributed by atoms with Crippen LogP contribution in [0.2, 0.25) is 0 Å². The molecule has 1 N–H and O–H groups in total. The van der Waals surface area contributed by atoms with E-state index in [0.717, 1.165) is 52.9 Å². The molecule has 0 saturated carbocycles. The zero-order valence-corrected chi connectivity index (χ0v) is 15.5. The topological polar surface area (TPSA) is 46.9 Å². The number of hydrogen-bond donors (Lipinski definition) is 1. The minimum atomic E-state index is -0.0152. The lowest BCUT2D eigenvalue weighted by Gasteiger charge is -2.10. The van der Waals surface area contributed by atoms with Gasteiger partial charge in [0.25, 0.3) is 5.91 Å². The molecule has 1 aromatic heterocycles. The van der Waals surface area contributed by atoms with E-state index in [9.17, 15) is 4.79 Å². The van der Waals surface area contributed by atoms with Crippen LogP contribution in [0, 0.1) is 6.92 Å². The number of fused-ring (bicyclic) bond motifs is 1. The van der Waals surface area contributed by atoms with Crippen LogP contribution in [0.3, 0.4) is 0 Å². The molecule has 1 heterocycles. The number of hydrogen-bond acceptors (Lipinski definition) is 2. The van der Waals surface area contributed by atoms with Crippen molar-refractivity contribution in [1.82, 2.24) is 14.9 Å². The van der Waals surface area contributed by atoms with Crippen LogP contribution < -0.4 is 5.32 Å². The average molecular weight is 347 g/mol. The van der Waals surface area contributed by atoms with Gasteiger partial charge >= 0.3 is 0 Å². The third-order valence-corrected chi connectivity index (χ3v) is 4.41. The van der Waals surface area contributed by atoms with Gasteiger partial charge in [0.05, 0.1) is 11.0 Å². The molecule has 0 unspecified atom stereocenters. The minimum absolute atomic E-state index is 0.0152. The number of nitrogens with zero attached hydrogens (tertiary/aromatic N) is 2. The Kier molecular flexibility index (Phi) is 5.52. The first-order chi connectivity index (χ1) is 12.6. The Bertz CT molecular complexity index is 939. The number of allylic oxidation sites excluding steroid dienone is 1. The standard InChI is InChI=1S/C22H25N3O/c1-16(2)15-25-20-12-7-6-11-19(20)24-21(25)13-8-14-23-22(26)18-10-5-4-9-17(18)3/h4-7,9-12H,1,8,13-15H2,2-3H3,(H,23,26). The van der Waals surface area contributed by atoms with Gasteiger partial charge in [0.2, 0.25) is 0 Å². The zero-order chi connectivity index (χ0) is 18.5. The number of amides is 1. The number of imidazole rings is 1. The molecule has 26 heavy (non-hydrogen) atoms. The summed E-state index contributed by atoms with van der Waals surface area (Å²) in [5.74, 6) is 1.03. The highest BCUT2D eigenvalue weighted by molar-refractivity contribution is 5.95. The molecule has 0 atom stereocenters. The summed E-state index contributed by atoms with van der Waals surface area (Å²) in [5.41, 5.74) is 4.97. The van der Waals surface area contributed by atoms with E-state index in [1.807, 2.05) is 56.3 Å². The van der Waals surface area contributed by atoms with Crippen molar-refractivity contribution in [3.8, 4) is 0 Å². The third-order valence-electron chi connectivity index (χ3n) is 4.41. The summed E-state index contributed by atoms with van der Waals surface area (Å²) in [7, 11) is 0. The van der Waals surface area contributed by atoms with E-state index >= 15 is 0 Å². The Morgan fingerprint density at radius 1 is 1.15 bits per heavy atom. The van der Waals surface area contributed by atoms with E-state index in [0.29, 0.717) is 6.54 Å². The van der Waals surface area contributed by atoms with Gasteiger partial charge in [-0.25, -0.2) is 4.98 Å². The molecule has 1 amide bonds. The second-order valence-corrected chi connectivity index (χ2v) is 6.73. The lowest BCUT2D eigenvalue weighted by atomic mass is 10.1. The first kappa shape index (κ1) is 17.9. The SMILES string of the molecule is C=C(C)Cn1c(CCCNC(=O)c2ccccc2C)nc2ccccc21. The molecule has 0 aliphatic heterocycles. The summed E-state index contributed by atoms with van der Waals surface area (Å²) in [4.78, 5) is 17.1. The number of aryl methyl sites for hydroxylation is 2. The fourth-order valence-electron chi connectivity index (χ4n) is 3.13. The van der Waals surface area contributed by atoms with Crippen molar-refractivity contribution in [3.05, 3.63) is 77.6 Å². The van der Waals surface area contributed by atoms with Gasteiger partial charge < -0.3 is 9.88 Å². The van der Waals surface area contributed by atoms with Gasteiger partial charge in [0.1, 0.15) is 5.82 Å². The molecule has 134 valence electrons. The molecular weight excluding hydrogens is 322 g/mol. The summed E-state index contributed by atoms with van der Waals surface area (Å²) in [6.45, 7) is 9.41. The van der Waals surface area contributed by atoms with Crippen LogP contribution in [-0.4, -0.2) is 22.0 Å². The predicted octanol–water partition coefficient (Wildman–Crippen LogP) is 4.28. The molecule has 0 aliphatic carbocycles. The zero-order valence-electron chi connectivity index (χ0n) is 15.5. The van der Waals surface area contributed by atoms with Crippen molar-refractivity contribution < 1.29 is 4.79 Å². The maximum absolute atomic E-state index is 12.3. The van der Waals surface area contributed by atoms with Crippen molar-refractivity contribution in [2.45, 2.75) is 33.2 Å². The number of para-hydroxylation sites is 2. The van der Waals surface area contributed by atoms with Gasteiger partial charge in [-0.1, -0.05) is 42.5 Å². The second kappa shape index (κ2) is 8.00. The van der Waals surface area contributed by atoms with Crippen molar-refractivity contribution in [3.63, 3.8) is 0 Å². The van der Waals surface area contributed by atoms with Crippen LogP contribution in [0.25, 0.3) is 11.0 Å². The number of benzene rings is 2. The molecule has 2 aromatic carbocycles. The van der Waals surface area contributed by atoms with Gasteiger partial charge in [-0.15, -0.1) is 0 Å². The molecule has 0 fully saturated rings. The third kappa shape index (κ3) is 4.02. The Hall–Kier alpha value is -2.88. The molecule has 0 spiro atoms. The van der Waals surface area contributed by atoms with E-state index in [2.05, 4.69) is 22.5 Å². The van der Waals surface area contributed by atoms with E-state index in [-0.39, 0.29) is 5.91 Å². The maximum atomic E-state index is 12.3. The molecule has 0 saturated heterocycles. The van der Waals surface area contributed by atoms with Crippen LogP contribution in [-0.2, 0) is 13.0 Å². The number of nitrogens with one attached hydrogen (secondary N) is 1. The molecule has 0 bridgehead atoms. The lowest BCUT2D eigenvalue weighted by Crippen LogP contribution is -2.25. The lowest BCUT2D eigenvalue weighted by molar-refractivity contribution is 0.0952. The van der Waals surface area contributed by atoms with Gasteiger partial charge in [-0.3, -0.25) is 4.79 Å². The average Bonchev–Trinajstić information content (AvgIpc) is 2.96. The molecule has 4 nitrogen and oxygen atoms in total. The second-order valence-electron chi connectivity index (χ2n) is 6.73. The fraction of sp³-hybridized carbons (Fsp3) is 0.273. The van der Waals surface area contributed by atoms with Crippen molar-refractivity contribution in [1.29, 1.82) is 0 Å². The van der Waals surface area contributed by atoms with Crippen LogP contribution in [0.5, 0.6) is 0 Å². The Morgan fingerprint density at radius 2 is 1.88 bits per heavy atom. The van der Waals surface area contributed by atoms with Gasteiger partial charge in [0.15, 0.2) is 0 Å². The van der Waals surface area contributed by atoms with Crippen molar-refractivity contribution in [2.24, 2.45) is 0 Å². The summed E-state index contributed by atoms with van der Waals surface area (Å²) >= 11 is 0. The number of carbonyl (C=O) groups is 1. The van der Waals surface area contributed by atoms with E-state index in [1.54, 1.807) is 0 Å². The Balaban J connectivity index is 1.64. The minimum Gasteiger partial charge on any atom is -0.352 e. The number of rotatable bonds is 7. The fourth-order valence-corrected chi connectivity index (χ4v) is 3.13. The first-order valence-electron chi connectivity index (χ1n) is 8.98. The smallest absolute Gasteiger partial charge is 0.251 e. The Morgan fingerprint density at radius 3 is 2.65 bits per heavy atom. The highest BCUT2D eigenvalue weighted by Crippen LogP contribution is 2.18. The quantitative estimate of drug-likeness (QED) is 0.512. The van der Waals surface area contributed by atoms with E-state index in [1.165, 1.54) is 0 Å². The van der Waals surface area contributed by atoms with Crippen LogP contribution in [0.1, 0.15) is 35.1 Å². The molecule has 4 heteroatoms. The first-order valence-corrected chi connectivity index (χ1v) is 8.98. The molecule has 3 rings (SSSR count). The van der Waals surface area contributed by atoms with Gasteiger partial charge in [-0.2, -0.15) is 0 Å². The van der Waals surface area contributed by atoms with Crippen molar-refractivity contribution >= 4 is 16.9 Å². The molecule has 3 aromatic rings. The summed E-state index contributed by atoms with van der Waals surface area (Å²) < 4.78 is 2.22. The summed E-state index contributed by atoms with van der Waals surface area (Å²) in [5, 5.41) is 3.01. The summed E-state index contributed by atoms with van der Waals surface area (Å²) in [6.07, 6.45) is 1.66. The largest absolute Gasteiger partial charge is 0.352 e. The van der Waals surface area contributed by atoms with Crippen LogP contribution in [0.4, 0.5) is 0 Å². The Labute approximate surface area is 154 Å². The van der Waals surface area contributed by atoms with Gasteiger partial charge in [0, 0.05) is 25.1 Å². The molecular formula is C22H25N3O. The highest BCUT2D eigenvalue weighted by atomic mass is 16.1. The molecule has 0 radical (unpaired) electrons. The van der Waals surface area contributed by atoms with E-state index < -0.39 is 0 Å². The van der Waals surface area contributed by atoms with Crippen LogP contribution in [0.15, 0.2) is 60.7 Å². The number of aromatic nitrogens is 2. The van der Waals surface area contributed by atoms with Crippen molar-refractivity contribution in [2.75, 3.05) is 6.54 Å². The predicted molar refractivity (Wildman–Crippen MR) is 106 cm³/mol. The maximum Gasteiger partial charge on any atom is 0.251 e. The number of carbonyl (C=O) groups excluding carboxylic acids is 1. The van der Waals surface area contributed by atoms with Crippen LogP contribution >= 0.6 is 0 Å². The van der Waals surface area contributed by atoms with E-state index in [4.69, 9.17) is 4.98 Å². The highest BCUT2D eigenvalue weighted by Gasteiger charge is 2.11. The van der Waals surface area contributed by atoms with Gasteiger partial charge in [-0.05, 0) is 44.0 Å². The monoisotopic (exact) mass is 347 g/mol. The molecule has 0 aliphatic rings.